The standard InChI is InChI=1S/C72H67N21O5/c1-42-12-9-17-54(80-42)70-67(85-63(90-70)35-76-53-16-8-7-15-48(53)38-94-4)45-20-25-60(77-32-45)83-59(73)39-97-52-29-50(28-51(31-52)95-5)75-34-62-87-69(72(89-62)56-19-11-14-44(3)82-56)47-22-27-66-84-64(91-93(66)37-47)40-98-57-24-23-49(30-58(57)96-6)74-33-61-86-68(46-21-26-65-78-41-79-92(65)36-46)71(88-61)55-18-10-13-43(2)81-55/h7-32,36-37,41,74-76H,33-35,38-40H2,1-6H3,(H,85,90)(H,86,88)(H,87,89)(H2,73,77,83). The number of methoxy groups -OCH3 is 3. The van der Waals surface area contributed by atoms with Gasteiger partial charge in [-0.05, 0) is 112 Å². The molecule has 14 aromatic rings. The number of fused-ring (bicyclic) bond motifs is 2. The zero-order valence-corrected chi connectivity index (χ0v) is 54.3. The first kappa shape index (κ1) is 62.6. The highest BCUT2D eigenvalue weighted by molar-refractivity contribution is 5.82. The van der Waals surface area contributed by atoms with Crippen LogP contribution in [0.2, 0.25) is 0 Å². The zero-order chi connectivity index (χ0) is 67.1. The van der Waals surface area contributed by atoms with Crippen molar-refractivity contribution in [3.8, 4) is 90.9 Å². The molecule has 0 unspecified atom stereocenters. The summed E-state index contributed by atoms with van der Waals surface area (Å²) in [6.45, 7) is 7.42. The van der Waals surface area contributed by atoms with Crippen LogP contribution in [0, 0.1) is 26.2 Å². The molecule has 98 heavy (non-hydrogen) atoms. The number of nitrogens with one attached hydrogen (secondary N) is 8. The summed E-state index contributed by atoms with van der Waals surface area (Å²) < 4.78 is 32.8. The average Bonchev–Trinajstić information content (AvgIpc) is 1.64. The van der Waals surface area contributed by atoms with Gasteiger partial charge in [0.05, 0.1) is 91.7 Å². The molecule has 11 aromatic heterocycles. The van der Waals surface area contributed by atoms with Gasteiger partial charge in [0, 0.05) is 106 Å². The molecule has 0 spiro atoms. The fourth-order valence-corrected chi connectivity index (χ4v) is 11.2. The lowest BCUT2D eigenvalue weighted by molar-refractivity contribution is 0.185. The number of amidine groups is 1. The SMILES string of the molecule is COCc1ccccc1NCc1nc(-c2cc/c(=N/C(=N)COc3cc(NCc4nc(-c5ccc6nc(COc7ccc(NCc8nc(-c9ccc%10ncnn%10c9)c(-c9cccc(C)n9)[nH]8)cc7OC)nn6c5)c(-c5cccc(C)n5)[nH]4)cc(OC)c3)[nH]c2)c(-c2cccc(C)n2)[nH]1. The number of pyridine rings is 6. The Bertz CT molecular complexity index is 5280. The maximum Gasteiger partial charge on any atom is 0.189 e. The van der Waals surface area contributed by atoms with Crippen LogP contribution in [-0.2, 0) is 37.6 Å². The van der Waals surface area contributed by atoms with Gasteiger partial charge in [0.1, 0.15) is 54.0 Å². The number of rotatable bonds is 25. The normalized spacial score (nSPS) is 11.6. The highest BCUT2D eigenvalue weighted by atomic mass is 16.5. The second kappa shape index (κ2) is 28.0. The number of anilines is 3. The second-order valence-electron chi connectivity index (χ2n) is 23.0. The van der Waals surface area contributed by atoms with Crippen LogP contribution in [0.3, 0.4) is 0 Å². The summed E-state index contributed by atoms with van der Waals surface area (Å²) >= 11 is 0. The number of nitrogens with zero attached hydrogens (tertiary/aromatic N) is 13. The molecule has 26 nitrogen and oxygen atoms in total. The summed E-state index contributed by atoms with van der Waals surface area (Å²) in [6.07, 6.45) is 7.15. The van der Waals surface area contributed by atoms with Gasteiger partial charge in [0.25, 0.3) is 0 Å². The van der Waals surface area contributed by atoms with Crippen LogP contribution in [-0.4, -0.2) is 113 Å². The van der Waals surface area contributed by atoms with E-state index >= 15 is 0 Å². The molecule has 0 radical (unpaired) electrons. The average molecular weight is 1310 g/mol. The molecule has 0 aliphatic heterocycles. The van der Waals surface area contributed by atoms with E-state index in [-0.39, 0.29) is 19.0 Å². The molecule has 0 aliphatic carbocycles. The number of para-hydroxylation sites is 1. The van der Waals surface area contributed by atoms with Crippen molar-refractivity contribution in [1.29, 1.82) is 5.41 Å². The number of hydrogen-bond acceptors (Lipinski definition) is 19. The van der Waals surface area contributed by atoms with Crippen molar-refractivity contribution >= 4 is 34.2 Å². The van der Waals surface area contributed by atoms with Gasteiger partial charge >= 0.3 is 0 Å². The number of ether oxygens (including phenoxy) is 5. The number of H-pyrrole nitrogens is 4. The Balaban J connectivity index is 0.627. The van der Waals surface area contributed by atoms with Crippen LogP contribution in [0.5, 0.6) is 23.0 Å². The molecule has 490 valence electrons. The molecule has 0 amide bonds. The highest BCUT2D eigenvalue weighted by Crippen LogP contribution is 2.36. The molecule has 0 saturated carbocycles. The highest BCUT2D eigenvalue weighted by Gasteiger charge is 2.22. The lowest BCUT2D eigenvalue weighted by atomic mass is 10.1. The molecule has 0 atom stereocenters. The maximum absolute atomic E-state index is 8.80. The summed E-state index contributed by atoms with van der Waals surface area (Å²) in [6, 6.07) is 48.3. The van der Waals surface area contributed by atoms with Crippen molar-refractivity contribution in [1.82, 2.24) is 79.0 Å². The van der Waals surface area contributed by atoms with E-state index in [4.69, 9.17) is 69.1 Å². The smallest absolute Gasteiger partial charge is 0.189 e. The number of aryl methyl sites for hydroxylation is 3. The number of aromatic nitrogens is 16. The van der Waals surface area contributed by atoms with Crippen LogP contribution in [0.4, 0.5) is 17.1 Å². The predicted molar refractivity (Wildman–Crippen MR) is 372 cm³/mol. The van der Waals surface area contributed by atoms with Crippen molar-refractivity contribution in [2.45, 2.75) is 53.6 Å². The van der Waals surface area contributed by atoms with E-state index in [1.165, 1.54) is 6.33 Å². The molecule has 3 aromatic carbocycles. The maximum atomic E-state index is 8.80. The molecule has 26 heteroatoms. The Hall–Kier alpha value is -12.8. The number of benzene rings is 3. The Morgan fingerprint density at radius 3 is 1.74 bits per heavy atom. The number of hydrogen-bond donors (Lipinski definition) is 8. The van der Waals surface area contributed by atoms with Gasteiger partial charge < -0.3 is 59.6 Å². The lowest BCUT2D eigenvalue weighted by Crippen LogP contribution is -2.15. The van der Waals surface area contributed by atoms with Crippen molar-refractivity contribution in [3.63, 3.8) is 0 Å². The molecule has 14 rings (SSSR count). The minimum absolute atomic E-state index is 0.00699. The second-order valence-corrected chi connectivity index (χ2v) is 23.0. The minimum Gasteiger partial charge on any atom is -0.497 e. The Labute approximate surface area is 561 Å². The molecule has 11 heterocycles. The first-order valence-corrected chi connectivity index (χ1v) is 31.4. The largest absolute Gasteiger partial charge is 0.497 e. The van der Waals surface area contributed by atoms with Crippen molar-refractivity contribution in [3.05, 3.63) is 228 Å². The Kier molecular flexibility index (Phi) is 17.9. The van der Waals surface area contributed by atoms with Crippen molar-refractivity contribution < 1.29 is 23.7 Å². The van der Waals surface area contributed by atoms with Crippen LogP contribution >= 0.6 is 0 Å². The topological polar surface area (TPSA) is 319 Å². The van der Waals surface area contributed by atoms with Gasteiger partial charge in [0.15, 0.2) is 34.5 Å². The van der Waals surface area contributed by atoms with E-state index in [1.54, 1.807) is 36.4 Å². The van der Waals surface area contributed by atoms with E-state index in [0.717, 1.165) is 102 Å². The van der Waals surface area contributed by atoms with E-state index in [2.05, 4.69) is 51.0 Å². The van der Waals surface area contributed by atoms with Gasteiger partial charge in [-0.1, -0.05) is 36.4 Å². The van der Waals surface area contributed by atoms with Crippen molar-refractivity contribution in [2.75, 3.05) is 43.9 Å². The summed E-state index contributed by atoms with van der Waals surface area (Å²) in [5, 5.41) is 28.4. The molecule has 0 saturated heterocycles. The monoisotopic (exact) mass is 1310 g/mol. The number of imidazole rings is 3. The lowest BCUT2D eigenvalue weighted by Gasteiger charge is -2.12. The van der Waals surface area contributed by atoms with E-state index < -0.39 is 0 Å². The Morgan fingerprint density at radius 2 is 1.12 bits per heavy atom. The fraction of sp³-hybridized carbons (Fsp3) is 0.167. The van der Waals surface area contributed by atoms with Crippen LogP contribution in [0.1, 0.15) is 45.9 Å². The first-order chi connectivity index (χ1) is 47.9. The van der Waals surface area contributed by atoms with Crippen LogP contribution < -0.4 is 40.4 Å². The number of aromatic amines is 4. The molecule has 8 N–H and O–H groups in total. The van der Waals surface area contributed by atoms with Gasteiger partial charge in [0.2, 0.25) is 0 Å². The third kappa shape index (κ3) is 14.2. The Morgan fingerprint density at radius 1 is 0.520 bits per heavy atom. The summed E-state index contributed by atoms with van der Waals surface area (Å²) in [7, 11) is 4.87. The fourth-order valence-electron chi connectivity index (χ4n) is 11.2. The zero-order valence-electron chi connectivity index (χ0n) is 54.3. The summed E-state index contributed by atoms with van der Waals surface area (Å²) in [5.74, 6) is 4.59. The van der Waals surface area contributed by atoms with Gasteiger partial charge in [-0.15, -0.1) is 5.10 Å². The van der Waals surface area contributed by atoms with E-state index in [1.807, 2.05) is 185 Å². The van der Waals surface area contributed by atoms with E-state index in [9.17, 15) is 0 Å². The van der Waals surface area contributed by atoms with Crippen LogP contribution in [0.25, 0.3) is 79.2 Å². The summed E-state index contributed by atoms with van der Waals surface area (Å²) in [4.78, 5) is 57.0. The first-order valence-electron chi connectivity index (χ1n) is 31.4. The third-order valence-corrected chi connectivity index (χ3v) is 15.9. The van der Waals surface area contributed by atoms with Crippen molar-refractivity contribution in [2.24, 2.45) is 4.99 Å². The van der Waals surface area contributed by atoms with Gasteiger partial charge in [-0.2, -0.15) is 5.10 Å². The van der Waals surface area contributed by atoms with Gasteiger partial charge in [-0.3, -0.25) is 20.4 Å². The molecular weight excluding hydrogens is 1240 g/mol. The quantitative estimate of drug-likeness (QED) is 0.0195. The van der Waals surface area contributed by atoms with Gasteiger partial charge in [-0.25, -0.2) is 38.9 Å². The van der Waals surface area contributed by atoms with Crippen LogP contribution in [0.15, 0.2) is 182 Å². The molecule has 0 aliphatic rings. The minimum atomic E-state index is -0.119. The van der Waals surface area contributed by atoms with E-state index in [0.29, 0.717) is 94.9 Å². The predicted octanol–water partition coefficient (Wildman–Crippen LogP) is 11.9. The third-order valence-electron chi connectivity index (χ3n) is 15.9. The summed E-state index contributed by atoms with van der Waals surface area (Å²) in [5.41, 5.74) is 17.1. The molecule has 0 fully saturated rings. The molecular formula is C72H67N21O5. The molecule has 0 bridgehead atoms.